The SMILES string of the molecule is Cc1nc(Cc2cccc(Cl)c2)nc(C)c1CCC(=O)O. The summed E-state index contributed by atoms with van der Waals surface area (Å²) in [5.74, 6) is -0.0804. The smallest absolute Gasteiger partial charge is 0.303 e. The van der Waals surface area contributed by atoms with Crippen LogP contribution in [0.15, 0.2) is 24.3 Å². The summed E-state index contributed by atoms with van der Waals surface area (Å²) in [6, 6.07) is 7.61. The number of halogens is 1. The molecule has 0 atom stereocenters. The van der Waals surface area contributed by atoms with Crippen molar-refractivity contribution in [2.75, 3.05) is 0 Å². The van der Waals surface area contributed by atoms with Crippen molar-refractivity contribution in [1.82, 2.24) is 9.97 Å². The van der Waals surface area contributed by atoms with Crippen molar-refractivity contribution < 1.29 is 9.90 Å². The lowest BCUT2D eigenvalue weighted by Gasteiger charge is -2.10. The van der Waals surface area contributed by atoms with Gasteiger partial charge in [-0.1, -0.05) is 23.7 Å². The molecule has 0 fully saturated rings. The number of hydrogen-bond acceptors (Lipinski definition) is 3. The molecule has 110 valence electrons. The molecule has 0 amide bonds. The fourth-order valence-corrected chi connectivity index (χ4v) is 2.52. The molecule has 1 aromatic heterocycles. The van der Waals surface area contributed by atoms with Crippen LogP contribution in [0.2, 0.25) is 5.02 Å². The van der Waals surface area contributed by atoms with Crippen LogP contribution in [0.1, 0.15) is 34.8 Å². The second-order valence-electron chi connectivity index (χ2n) is 4.99. The number of nitrogens with zero attached hydrogens (tertiary/aromatic N) is 2. The molecule has 1 heterocycles. The summed E-state index contributed by atoms with van der Waals surface area (Å²) in [6.45, 7) is 3.79. The molecule has 2 rings (SSSR count). The van der Waals surface area contributed by atoms with Gasteiger partial charge in [0.15, 0.2) is 0 Å². The van der Waals surface area contributed by atoms with E-state index < -0.39 is 5.97 Å². The third-order valence-corrected chi connectivity index (χ3v) is 3.54. The summed E-state index contributed by atoms with van der Waals surface area (Å²) >= 11 is 5.97. The lowest BCUT2D eigenvalue weighted by Crippen LogP contribution is -2.08. The van der Waals surface area contributed by atoms with Crippen LogP contribution >= 0.6 is 11.6 Å². The highest BCUT2D eigenvalue weighted by Gasteiger charge is 2.10. The highest BCUT2D eigenvalue weighted by atomic mass is 35.5. The highest BCUT2D eigenvalue weighted by molar-refractivity contribution is 6.30. The van der Waals surface area contributed by atoms with Crippen LogP contribution in [0.4, 0.5) is 0 Å². The molecule has 0 spiro atoms. The standard InChI is InChI=1S/C16H17ClN2O2/c1-10-14(6-7-16(20)21)11(2)19-15(18-10)9-12-4-3-5-13(17)8-12/h3-5,8H,6-7,9H2,1-2H3,(H,20,21). The number of aromatic nitrogens is 2. The van der Waals surface area contributed by atoms with Crippen LogP contribution < -0.4 is 0 Å². The molecule has 0 aliphatic rings. The quantitative estimate of drug-likeness (QED) is 0.920. The minimum atomic E-state index is -0.809. The molecule has 0 bridgehead atoms. The monoisotopic (exact) mass is 304 g/mol. The zero-order valence-corrected chi connectivity index (χ0v) is 12.8. The number of carboxylic acids is 1. The average molecular weight is 305 g/mol. The Labute approximate surface area is 128 Å². The van der Waals surface area contributed by atoms with Crippen molar-refractivity contribution in [3.63, 3.8) is 0 Å². The lowest BCUT2D eigenvalue weighted by atomic mass is 10.1. The second-order valence-corrected chi connectivity index (χ2v) is 5.43. The molecular weight excluding hydrogens is 288 g/mol. The van der Waals surface area contributed by atoms with E-state index in [1.54, 1.807) is 0 Å². The van der Waals surface area contributed by atoms with Gasteiger partial charge in [-0.3, -0.25) is 4.79 Å². The molecule has 0 aliphatic carbocycles. The van der Waals surface area contributed by atoms with E-state index in [4.69, 9.17) is 16.7 Å². The van der Waals surface area contributed by atoms with Gasteiger partial charge in [0, 0.05) is 29.3 Å². The Kier molecular flexibility index (Phi) is 4.91. The van der Waals surface area contributed by atoms with E-state index in [-0.39, 0.29) is 6.42 Å². The largest absolute Gasteiger partial charge is 0.481 e. The summed E-state index contributed by atoms with van der Waals surface area (Å²) < 4.78 is 0. The minimum Gasteiger partial charge on any atom is -0.481 e. The van der Waals surface area contributed by atoms with Gasteiger partial charge in [-0.15, -0.1) is 0 Å². The van der Waals surface area contributed by atoms with Crippen molar-refractivity contribution >= 4 is 17.6 Å². The third kappa shape index (κ3) is 4.26. The van der Waals surface area contributed by atoms with Crippen LogP contribution in [-0.2, 0) is 17.6 Å². The predicted molar refractivity (Wildman–Crippen MR) is 81.7 cm³/mol. The van der Waals surface area contributed by atoms with Crippen LogP contribution in [0.5, 0.6) is 0 Å². The zero-order valence-electron chi connectivity index (χ0n) is 12.1. The van der Waals surface area contributed by atoms with Gasteiger partial charge >= 0.3 is 5.97 Å². The summed E-state index contributed by atoms with van der Waals surface area (Å²) in [6.07, 6.45) is 1.17. The van der Waals surface area contributed by atoms with Gasteiger partial charge in [-0.05, 0) is 43.5 Å². The van der Waals surface area contributed by atoms with E-state index >= 15 is 0 Å². The maximum absolute atomic E-state index is 10.7. The number of carbonyl (C=O) groups is 1. The molecule has 0 aliphatic heterocycles. The Balaban J connectivity index is 2.21. The summed E-state index contributed by atoms with van der Waals surface area (Å²) in [5.41, 5.74) is 3.67. The van der Waals surface area contributed by atoms with Gasteiger partial charge in [-0.25, -0.2) is 9.97 Å². The van der Waals surface area contributed by atoms with Crippen LogP contribution in [0.3, 0.4) is 0 Å². The molecular formula is C16H17ClN2O2. The van der Waals surface area contributed by atoms with Crippen LogP contribution in [-0.4, -0.2) is 21.0 Å². The number of rotatable bonds is 5. The Bertz CT molecular complexity index is 648. The van der Waals surface area contributed by atoms with E-state index in [2.05, 4.69) is 9.97 Å². The maximum atomic E-state index is 10.7. The van der Waals surface area contributed by atoms with Gasteiger partial charge in [-0.2, -0.15) is 0 Å². The molecule has 1 aromatic carbocycles. The van der Waals surface area contributed by atoms with Crippen molar-refractivity contribution in [3.8, 4) is 0 Å². The number of aryl methyl sites for hydroxylation is 2. The van der Waals surface area contributed by atoms with Gasteiger partial charge in [0.1, 0.15) is 5.82 Å². The van der Waals surface area contributed by atoms with Crippen LogP contribution in [0.25, 0.3) is 0 Å². The predicted octanol–water partition coefficient (Wildman–Crippen LogP) is 3.35. The van der Waals surface area contributed by atoms with Gasteiger partial charge in [0.25, 0.3) is 0 Å². The first-order chi connectivity index (χ1) is 9.95. The topological polar surface area (TPSA) is 63.1 Å². The molecule has 21 heavy (non-hydrogen) atoms. The molecule has 0 saturated heterocycles. The fraction of sp³-hybridized carbons (Fsp3) is 0.312. The van der Waals surface area contributed by atoms with Gasteiger partial charge in [0.05, 0.1) is 0 Å². The molecule has 0 radical (unpaired) electrons. The number of hydrogen-bond donors (Lipinski definition) is 1. The Morgan fingerprint density at radius 2 is 1.90 bits per heavy atom. The van der Waals surface area contributed by atoms with Crippen molar-refractivity contribution in [2.24, 2.45) is 0 Å². The van der Waals surface area contributed by atoms with E-state index in [1.165, 1.54) is 0 Å². The molecule has 4 nitrogen and oxygen atoms in total. The maximum Gasteiger partial charge on any atom is 0.303 e. The molecule has 1 N–H and O–H groups in total. The van der Waals surface area contributed by atoms with Crippen molar-refractivity contribution in [1.29, 1.82) is 0 Å². The fourth-order valence-electron chi connectivity index (χ4n) is 2.31. The molecule has 2 aromatic rings. The number of aliphatic carboxylic acids is 1. The van der Waals surface area contributed by atoms with Crippen LogP contribution in [0, 0.1) is 13.8 Å². The zero-order chi connectivity index (χ0) is 15.4. The normalized spacial score (nSPS) is 10.6. The average Bonchev–Trinajstić information content (AvgIpc) is 2.37. The Hall–Kier alpha value is -1.94. The Morgan fingerprint density at radius 3 is 2.48 bits per heavy atom. The Morgan fingerprint density at radius 1 is 1.24 bits per heavy atom. The first-order valence-electron chi connectivity index (χ1n) is 6.75. The summed E-state index contributed by atoms with van der Waals surface area (Å²) in [5, 5.41) is 9.47. The first-order valence-corrected chi connectivity index (χ1v) is 7.12. The first kappa shape index (κ1) is 15.4. The summed E-state index contributed by atoms with van der Waals surface area (Å²) in [7, 11) is 0. The molecule has 0 saturated carbocycles. The molecule has 5 heteroatoms. The van der Waals surface area contributed by atoms with Gasteiger partial charge in [0.2, 0.25) is 0 Å². The van der Waals surface area contributed by atoms with Gasteiger partial charge < -0.3 is 5.11 Å². The van der Waals surface area contributed by atoms with Crippen molar-refractivity contribution in [2.45, 2.75) is 33.1 Å². The summed E-state index contributed by atoms with van der Waals surface area (Å²) in [4.78, 5) is 19.7. The number of carboxylic acid groups (broad SMARTS) is 1. The van der Waals surface area contributed by atoms with Crippen molar-refractivity contribution in [3.05, 3.63) is 57.6 Å². The second kappa shape index (κ2) is 6.68. The van der Waals surface area contributed by atoms with E-state index in [0.717, 1.165) is 28.3 Å². The minimum absolute atomic E-state index is 0.0959. The molecule has 0 unspecified atom stereocenters. The van der Waals surface area contributed by atoms with E-state index in [1.807, 2.05) is 38.1 Å². The third-order valence-electron chi connectivity index (χ3n) is 3.31. The lowest BCUT2D eigenvalue weighted by molar-refractivity contribution is -0.136. The van der Waals surface area contributed by atoms with E-state index in [9.17, 15) is 4.79 Å². The van der Waals surface area contributed by atoms with E-state index in [0.29, 0.717) is 17.9 Å². The number of benzene rings is 1. The highest BCUT2D eigenvalue weighted by Crippen LogP contribution is 2.16.